The Balaban J connectivity index is 1.86. The van der Waals surface area contributed by atoms with Gasteiger partial charge in [0.2, 0.25) is 5.75 Å². The van der Waals surface area contributed by atoms with Crippen LogP contribution in [0, 0.1) is 0 Å². The topological polar surface area (TPSA) is 102 Å². The number of methoxy groups -OCH3 is 1. The zero-order valence-corrected chi connectivity index (χ0v) is 11.1. The molecule has 0 unspecified atom stereocenters. The molecular formula is C13H16N4O3. The molecule has 0 amide bonds. The van der Waals surface area contributed by atoms with Crippen molar-refractivity contribution in [3.63, 3.8) is 0 Å². The number of nitrogens with zero attached hydrogens (tertiary/aromatic N) is 1. The first-order valence-electron chi connectivity index (χ1n) is 6.04. The van der Waals surface area contributed by atoms with E-state index < -0.39 is 0 Å². The van der Waals surface area contributed by atoms with Crippen molar-refractivity contribution in [3.05, 3.63) is 40.9 Å². The molecule has 1 heterocycles. The van der Waals surface area contributed by atoms with Crippen LogP contribution in [-0.4, -0.2) is 30.2 Å². The Morgan fingerprint density at radius 3 is 2.80 bits per heavy atom. The first-order chi connectivity index (χ1) is 9.70. The van der Waals surface area contributed by atoms with Crippen molar-refractivity contribution in [2.24, 2.45) is 0 Å². The van der Waals surface area contributed by atoms with Gasteiger partial charge in [0.15, 0.2) is 5.82 Å². The maximum Gasteiger partial charge on any atom is 0.295 e. The summed E-state index contributed by atoms with van der Waals surface area (Å²) in [4.78, 5) is 17.9. The molecule has 0 aliphatic heterocycles. The Morgan fingerprint density at radius 1 is 1.35 bits per heavy atom. The molecule has 7 heteroatoms. The summed E-state index contributed by atoms with van der Waals surface area (Å²) in [5.74, 6) is 1.27. The fourth-order valence-corrected chi connectivity index (χ4v) is 1.60. The van der Waals surface area contributed by atoms with Gasteiger partial charge in [0.25, 0.3) is 5.56 Å². The van der Waals surface area contributed by atoms with Gasteiger partial charge in [-0.3, -0.25) is 4.79 Å². The number of nitrogens with two attached hydrogens (primary N) is 1. The van der Waals surface area contributed by atoms with Gasteiger partial charge in [-0.25, -0.2) is 4.98 Å². The van der Waals surface area contributed by atoms with Gasteiger partial charge in [0.1, 0.15) is 12.4 Å². The largest absolute Gasteiger partial charge is 0.492 e. The Labute approximate surface area is 115 Å². The maximum absolute atomic E-state index is 11.5. The molecule has 0 saturated heterocycles. The third-order valence-corrected chi connectivity index (χ3v) is 2.56. The smallest absolute Gasteiger partial charge is 0.295 e. The molecular weight excluding hydrogens is 260 g/mol. The molecule has 4 N–H and O–H groups in total. The number of hydrogen-bond donors (Lipinski definition) is 3. The first-order valence-corrected chi connectivity index (χ1v) is 6.04. The van der Waals surface area contributed by atoms with Gasteiger partial charge in [0, 0.05) is 5.69 Å². The molecule has 1 aromatic heterocycles. The van der Waals surface area contributed by atoms with E-state index >= 15 is 0 Å². The average Bonchev–Trinajstić information content (AvgIpc) is 2.45. The molecule has 0 radical (unpaired) electrons. The first kappa shape index (κ1) is 13.7. The highest BCUT2D eigenvalue weighted by atomic mass is 16.5. The summed E-state index contributed by atoms with van der Waals surface area (Å²) in [6.45, 7) is 0.902. The van der Waals surface area contributed by atoms with Crippen LogP contribution in [0.5, 0.6) is 11.5 Å². The predicted molar refractivity (Wildman–Crippen MR) is 76.2 cm³/mol. The van der Waals surface area contributed by atoms with Crippen molar-refractivity contribution in [3.8, 4) is 11.5 Å². The predicted octanol–water partition coefficient (Wildman–Crippen LogP) is 0.852. The van der Waals surface area contributed by atoms with E-state index in [0.717, 1.165) is 5.75 Å². The van der Waals surface area contributed by atoms with Gasteiger partial charge < -0.3 is 25.5 Å². The zero-order valence-electron chi connectivity index (χ0n) is 11.1. The summed E-state index contributed by atoms with van der Waals surface area (Å²) >= 11 is 0. The number of aromatic nitrogens is 2. The summed E-state index contributed by atoms with van der Waals surface area (Å²) in [6, 6.07) is 7.12. The van der Waals surface area contributed by atoms with Gasteiger partial charge >= 0.3 is 0 Å². The molecule has 0 aliphatic carbocycles. The molecule has 0 aliphatic rings. The number of rotatable bonds is 6. The van der Waals surface area contributed by atoms with E-state index in [9.17, 15) is 4.79 Å². The molecule has 106 valence electrons. The van der Waals surface area contributed by atoms with Crippen LogP contribution < -0.4 is 26.1 Å². The number of nitrogens with one attached hydrogen (secondary N) is 2. The minimum Gasteiger partial charge on any atom is -0.492 e. The van der Waals surface area contributed by atoms with E-state index in [1.165, 1.54) is 13.4 Å². The molecule has 0 bridgehead atoms. The van der Waals surface area contributed by atoms with E-state index in [0.29, 0.717) is 24.7 Å². The standard InChI is InChI=1S/C13H16N4O3/c1-19-11-12(16-8-17-13(11)18)15-6-7-20-10-4-2-9(14)3-5-10/h2-5,8H,6-7,14H2,1H3,(H2,15,16,17,18). The quantitative estimate of drug-likeness (QED) is 0.534. The van der Waals surface area contributed by atoms with Gasteiger partial charge in [-0.1, -0.05) is 0 Å². The van der Waals surface area contributed by atoms with Gasteiger partial charge in [-0.05, 0) is 24.3 Å². The van der Waals surface area contributed by atoms with E-state index in [4.69, 9.17) is 15.2 Å². The van der Waals surface area contributed by atoms with Crippen LogP contribution >= 0.6 is 0 Å². The number of H-pyrrole nitrogens is 1. The highest BCUT2D eigenvalue weighted by Crippen LogP contribution is 2.15. The van der Waals surface area contributed by atoms with Crippen LogP contribution in [0.4, 0.5) is 11.5 Å². The van der Waals surface area contributed by atoms with Crippen molar-refractivity contribution in [1.82, 2.24) is 9.97 Å². The number of anilines is 2. The van der Waals surface area contributed by atoms with E-state index in [1.54, 1.807) is 24.3 Å². The Bertz CT molecular complexity index is 610. The number of hydrogen-bond acceptors (Lipinski definition) is 6. The van der Waals surface area contributed by atoms with Crippen LogP contribution in [-0.2, 0) is 0 Å². The van der Waals surface area contributed by atoms with Crippen LogP contribution in [0.25, 0.3) is 0 Å². The summed E-state index contributed by atoms with van der Waals surface area (Å²) in [6.07, 6.45) is 1.31. The summed E-state index contributed by atoms with van der Waals surface area (Å²) in [7, 11) is 1.42. The second-order valence-corrected chi connectivity index (χ2v) is 3.96. The van der Waals surface area contributed by atoms with E-state index in [1.807, 2.05) is 0 Å². The van der Waals surface area contributed by atoms with Crippen molar-refractivity contribution >= 4 is 11.5 Å². The van der Waals surface area contributed by atoms with Crippen LogP contribution in [0.15, 0.2) is 35.4 Å². The third-order valence-electron chi connectivity index (χ3n) is 2.56. The van der Waals surface area contributed by atoms with Crippen LogP contribution in [0.1, 0.15) is 0 Å². The fraction of sp³-hybridized carbons (Fsp3) is 0.231. The van der Waals surface area contributed by atoms with Gasteiger partial charge in [0.05, 0.1) is 20.0 Å². The van der Waals surface area contributed by atoms with E-state index in [-0.39, 0.29) is 11.3 Å². The molecule has 0 fully saturated rings. The normalized spacial score (nSPS) is 10.1. The van der Waals surface area contributed by atoms with Crippen LogP contribution in [0.2, 0.25) is 0 Å². The average molecular weight is 276 g/mol. The Kier molecular flexibility index (Phi) is 4.43. The molecule has 0 spiro atoms. The number of nitrogen functional groups attached to an aromatic ring is 1. The Morgan fingerprint density at radius 2 is 2.10 bits per heavy atom. The maximum atomic E-state index is 11.5. The highest BCUT2D eigenvalue weighted by Gasteiger charge is 2.07. The molecule has 0 saturated carbocycles. The molecule has 20 heavy (non-hydrogen) atoms. The lowest BCUT2D eigenvalue weighted by atomic mass is 10.3. The lowest BCUT2D eigenvalue weighted by Gasteiger charge is -2.10. The lowest BCUT2D eigenvalue weighted by Crippen LogP contribution is -2.17. The number of ether oxygens (including phenoxy) is 2. The van der Waals surface area contributed by atoms with Crippen molar-refractivity contribution in [2.45, 2.75) is 0 Å². The summed E-state index contributed by atoms with van der Waals surface area (Å²) in [5, 5.41) is 2.98. The number of aromatic amines is 1. The zero-order chi connectivity index (χ0) is 14.4. The summed E-state index contributed by atoms with van der Waals surface area (Å²) in [5.41, 5.74) is 5.94. The third kappa shape index (κ3) is 3.41. The highest BCUT2D eigenvalue weighted by molar-refractivity contribution is 5.47. The van der Waals surface area contributed by atoms with Gasteiger partial charge in [-0.2, -0.15) is 0 Å². The molecule has 2 aromatic rings. The van der Waals surface area contributed by atoms with Gasteiger partial charge in [-0.15, -0.1) is 0 Å². The summed E-state index contributed by atoms with van der Waals surface area (Å²) < 4.78 is 10.5. The SMILES string of the molecule is COc1c(NCCOc2ccc(N)cc2)nc[nH]c1=O. The van der Waals surface area contributed by atoms with Crippen molar-refractivity contribution in [1.29, 1.82) is 0 Å². The fourth-order valence-electron chi connectivity index (χ4n) is 1.60. The van der Waals surface area contributed by atoms with Crippen molar-refractivity contribution < 1.29 is 9.47 Å². The minimum absolute atomic E-state index is 0.153. The Hall–Kier alpha value is -2.70. The molecule has 1 aromatic carbocycles. The van der Waals surface area contributed by atoms with Crippen LogP contribution in [0.3, 0.4) is 0 Å². The number of benzene rings is 1. The molecule has 7 nitrogen and oxygen atoms in total. The van der Waals surface area contributed by atoms with Crippen molar-refractivity contribution in [2.75, 3.05) is 31.3 Å². The van der Waals surface area contributed by atoms with E-state index in [2.05, 4.69) is 15.3 Å². The molecule has 2 rings (SSSR count). The molecule has 0 atom stereocenters. The lowest BCUT2D eigenvalue weighted by molar-refractivity contribution is 0.332. The minimum atomic E-state index is -0.329. The second-order valence-electron chi connectivity index (χ2n) is 3.96. The second kappa shape index (κ2) is 6.46. The monoisotopic (exact) mass is 276 g/mol.